The molecule has 0 spiro atoms. The van der Waals surface area contributed by atoms with E-state index in [1.165, 1.54) is 0 Å². The van der Waals surface area contributed by atoms with Crippen molar-refractivity contribution >= 4 is 17.7 Å². The molecule has 4 rings (SSSR count). The fourth-order valence-electron chi connectivity index (χ4n) is 4.12. The number of likely N-dealkylation sites (tertiary alicyclic amines) is 1. The molecule has 0 radical (unpaired) electrons. The molecule has 32 heavy (non-hydrogen) atoms. The number of amides is 1. The number of hydrogen-bond acceptors (Lipinski definition) is 6. The molecule has 0 saturated carbocycles. The number of aryl methyl sites for hydroxylation is 1. The Morgan fingerprint density at radius 3 is 2.75 bits per heavy atom. The molecule has 2 atom stereocenters. The Labute approximate surface area is 193 Å². The van der Waals surface area contributed by atoms with Gasteiger partial charge in [-0.2, -0.15) is 0 Å². The summed E-state index contributed by atoms with van der Waals surface area (Å²) in [5, 5.41) is 0.749. The number of hydrogen-bond donors (Lipinski definition) is 0. The van der Waals surface area contributed by atoms with Crippen LogP contribution in [-0.4, -0.2) is 46.0 Å². The van der Waals surface area contributed by atoms with Crippen LogP contribution in [0.3, 0.4) is 0 Å². The number of pyridine rings is 1. The topological polar surface area (TPSA) is 68.2 Å². The number of ether oxygens (including phenoxy) is 1. The lowest BCUT2D eigenvalue weighted by molar-refractivity contribution is -0.143. The van der Waals surface area contributed by atoms with Gasteiger partial charge in [0, 0.05) is 44.3 Å². The van der Waals surface area contributed by atoms with Gasteiger partial charge in [0.1, 0.15) is 0 Å². The maximum Gasteiger partial charge on any atom is 0.256 e. The van der Waals surface area contributed by atoms with Crippen molar-refractivity contribution < 1.29 is 9.53 Å². The summed E-state index contributed by atoms with van der Waals surface area (Å²) in [6, 6.07) is 15.6. The van der Waals surface area contributed by atoms with Crippen molar-refractivity contribution in [2.24, 2.45) is 0 Å². The highest BCUT2D eigenvalue weighted by molar-refractivity contribution is 7.98. The maximum absolute atomic E-state index is 13.3. The van der Waals surface area contributed by atoms with Crippen molar-refractivity contribution in [3.05, 3.63) is 83.4 Å². The third-order valence-electron chi connectivity index (χ3n) is 5.75. The first-order valence-electron chi connectivity index (χ1n) is 10.9. The summed E-state index contributed by atoms with van der Waals surface area (Å²) < 4.78 is 5.58. The van der Waals surface area contributed by atoms with Crippen LogP contribution in [0.15, 0.2) is 66.1 Å². The van der Waals surface area contributed by atoms with Crippen molar-refractivity contribution in [2.45, 2.75) is 42.7 Å². The van der Waals surface area contributed by atoms with E-state index < -0.39 is 6.10 Å². The van der Waals surface area contributed by atoms with Crippen molar-refractivity contribution in [2.75, 3.05) is 20.2 Å². The molecule has 1 fully saturated rings. The number of methoxy groups -OCH3 is 1. The number of carbonyl (C=O) groups excluding carboxylic acids is 1. The van der Waals surface area contributed by atoms with E-state index in [1.807, 2.05) is 66.6 Å². The number of rotatable bonds is 7. The van der Waals surface area contributed by atoms with Crippen LogP contribution in [0.5, 0.6) is 0 Å². The minimum atomic E-state index is -0.578. The number of nitrogens with zero attached hydrogens (tertiary/aromatic N) is 4. The predicted molar refractivity (Wildman–Crippen MR) is 125 cm³/mol. The molecule has 7 heteroatoms. The lowest BCUT2D eigenvalue weighted by Gasteiger charge is -2.35. The molecule has 1 saturated heterocycles. The Balaban J connectivity index is 1.47. The van der Waals surface area contributed by atoms with Gasteiger partial charge < -0.3 is 9.64 Å². The van der Waals surface area contributed by atoms with E-state index in [0.717, 1.165) is 52.8 Å². The predicted octanol–water partition coefficient (Wildman–Crippen LogP) is 4.57. The van der Waals surface area contributed by atoms with Gasteiger partial charge in [-0.3, -0.25) is 9.78 Å². The first-order chi connectivity index (χ1) is 15.7. The summed E-state index contributed by atoms with van der Waals surface area (Å²) in [6.45, 7) is 3.44. The third-order valence-corrected chi connectivity index (χ3v) is 6.64. The van der Waals surface area contributed by atoms with Crippen LogP contribution in [0.25, 0.3) is 0 Å². The summed E-state index contributed by atoms with van der Waals surface area (Å²) in [5.74, 6) is 0.934. The molecule has 166 valence electrons. The highest BCUT2D eigenvalue weighted by Crippen LogP contribution is 2.31. The largest absolute Gasteiger partial charge is 0.367 e. The second kappa shape index (κ2) is 10.7. The van der Waals surface area contributed by atoms with Crippen LogP contribution < -0.4 is 0 Å². The van der Waals surface area contributed by atoms with Gasteiger partial charge in [-0.15, -0.1) is 0 Å². The summed E-state index contributed by atoms with van der Waals surface area (Å²) in [5.41, 5.74) is 3.99. The minimum Gasteiger partial charge on any atom is -0.367 e. The van der Waals surface area contributed by atoms with Crippen LogP contribution in [0.4, 0.5) is 0 Å². The van der Waals surface area contributed by atoms with E-state index in [1.54, 1.807) is 25.1 Å². The normalized spacial score (nSPS) is 17.2. The number of carbonyl (C=O) groups is 1. The SMILES string of the molecule is CO[C@H](C(=O)N1CCC[C@@H](c2nc(SCc3ccccn3)ncc2C)C1)c1ccccc1. The van der Waals surface area contributed by atoms with Crippen molar-refractivity contribution in [3.8, 4) is 0 Å². The van der Waals surface area contributed by atoms with Gasteiger partial charge in [0.05, 0.1) is 11.4 Å². The van der Waals surface area contributed by atoms with Crippen LogP contribution in [0.1, 0.15) is 47.4 Å². The Hall–Kier alpha value is -2.77. The first-order valence-corrected chi connectivity index (χ1v) is 11.9. The van der Waals surface area contributed by atoms with Crippen LogP contribution in [0.2, 0.25) is 0 Å². The Morgan fingerprint density at radius 1 is 1.19 bits per heavy atom. The lowest BCUT2D eigenvalue weighted by atomic mass is 9.92. The second-order valence-corrected chi connectivity index (χ2v) is 8.92. The highest BCUT2D eigenvalue weighted by atomic mass is 32.2. The van der Waals surface area contributed by atoms with Crippen LogP contribution in [0, 0.1) is 6.92 Å². The van der Waals surface area contributed by atoms with E-state index in [0.29, 0.717) is 6.54 Å². The molecule has 6 nitrogen and oxygen atoms in total. The monoisotopic (exact) mass is 448 g/mol. The number of benzene rings is 1. The van der Waals surface area contributed by atoms with Crippen molar-refractivity contribution in [1.82, 2.24) is 19.9 Å². The van der Waals surface area contributed by atoms with Gasteiger partial charge in [0.2, 0.25) is 0 Å². The van der Waals surface area contributed by atoms with Crippen molar-refractivity contribution in [1.29, 1.82) is 0 Å². The summed E-state index contributed by atoms with van der Waals surface area (Å²) >= 11 is 1.59. The van der Waals surface area contributed by atoms with E-state index in [4.69, 9.17) is 9.72 Å². The number of aromatic nitrogens is 3. The van der Waals surface area contributed by atoms with E-state index in [2.05, 4.69) is 9.97 Å². The molecule has 1 aromatic carbocycles. The van der Waals surface area contributed by atoms with Gasteiger partial charge in [0.15, 0.2) is 11.3 Å². The molecular weight excluding hydrogens is 420 g/mol. The smallest absolute Gasteiger partial charge is 0.256 e. The van der Waals surface area contributed by atoms with Crippen LogP contribution >= 0.6 is 11.8 Å². The molecule has 1 aliphatic heterocycles. The first kappa shape index (κ1) is 22.4. The fraction of sp³-hybridized carbons (Fsp3) is 0.360. The van der Waals surface area contributed by atoms with Gasteiger partial charge in [0.25, 0.3) is 5.91 Å². The lowest BCUT2D eigenvalue weighted by Crippen LogP contribution is -2.42. The molecule has 0 bridgehead atoms. The highest BCUT2D eigenvalue weighted by Gasteiger charge is 2.31. The molecule has 0 aliphatic carbocycles. The molecular formula is C25H28N4O2S. The quantitative estimate of drug-likeness (QED) is 0.390. The van der Waals surface area contributed by atoms with Gasteiger partial charge >= 0.3 is 0 Å². The van der Waals surface area contributed by atoms with Gasteiger partial charge in [-0.25, -0.2) is 9.97 Å². The molecule has 1 aliphatic rings. The second-order valence-electron chi connectivity index (χ2n) is 7.98. The van der Waals surface area contributed by atoms with Gasteiger partial charge in [-0.1, -0.05) is 48.2 Å². The third kappa shape index (κ3) is 5.34. The summed E-state index contributed by atoms with van der Waals surface area (Å²) in [7, 11) is 1.59. The zero-order valence-electron chi connectivity index (χ0n) is 18.5. The standard InChI is InChI=1S/C25H28N4O2S/c1-18-15-27-25(32-17-21-12-6-7-13-26-21)28-22(18)20-11-8-14-29(16-20)24(30)23(31-2)19-9-4-3-5-10-19/h3-7,9-10,12-13,15,20,23H,8,11,14,16-17H2,1-2H3/t20-,23+/m1/s1. The van der Waals surface area contributed by atoms with E-state index in [9.17, 15) is 4.79 Å². The zero-order valence-corrected chi connectivity index (χ0v) is 19.3. The van der Waals surface area contributed by atoms with Crippen LogP contribution in [-0.2, 0) is 15.3 Å². The number of piperidine rings is 1. The molecule has 1 amide bonds. The number of thioether (sulfide) groups is 1. The van der Waals surface area contributed by atoms with Crippen molar-refractivity contribution in [3.63, 3.8) is 0 Å². The van der Waals surface area contributed by atoms with E-state index in [-0.39, 0.29) is 11.8 Å². The van der Waals surface area contributed by atoms with Gasteiger partial charge in [-0.05, 0) is 43.0 Å². The van der Waals surface area contributed by atoms with E-state index >= 15 is 0 Å². The average molecular weight is 449 g/mol. The Bertz CT molecular complexity index is 1030. The fourth-order valence-corrected chi connectivity index (χ4v) is 4.85. The minimum absolute atomic E-state index is 0.0138. The molecule has 2 aromatic heterocycles. The summed E-state index contributed by atoms with van der Waals surface area (Å²) in [4.78, 5) is 29.0. The average Bonchev–Trinajstić information content (AvgIpc) is 2.85. The Morgan fingerprint density at radius 2 is 2.00 bits per heavy atom. The molecule has 3 aromatic rings. The Kier molecular flexibility index (Phi) is 7.50. The summed E-state index contributed by atoms with van der Waals surface area (Å²) in [6.07, 6.45) is 5.07. The maximum atomic E-state index is 13.3. The zero-order chi connectivity index (χ0) is 22.3. The molecule has 0 unspecified atom stereocenters. The molecule has 0 N–H and O–H groups in total. The molecule has 3 heterocycles.